The number of nitrogens with zero attached hydrogens (tertiary/aromatic N) is 1. The summed E-state index contributed by atoms with van der Waals surface area (Å²) < 4.78 is 0. The van der Waals surface area contributed by atoms with Crippen LogP contribution in [0.2, 0.25) is 0 Å². The highest BCUT2D eigenvalue weighted by molar-refractivity contribution is 5.94. The first-order valence-corrected chi connectivity index (χ1v) is 9.38. The molecule has 0 saturated heterocycles. The minimum absolute atomic E-state index is 0.0507. The summed E-state index contributed by atoms with van der Waals surface area (Å²) in [6, 6.07) is 7.43. The van der Waals surface area contributed by atoms with Crippen molar-refractivity contribution in [2.45, 2.75) is 52.6 Å². The van der Waals surface area contributed by atoms with Gasteiger partial charge in [-0.1, -0.05) is 25.5 Å². The highest BCUT2D eigenvalue weighted by atomic mass is 16.2. The van der Waals surface area contributed by atoms with Crippen molar-refractivity contribution in [1.29, 1.82) is 0 Å². The Morgan fingerprint density at radius 1 is 1.04 bits per heavy atom. The zero-order valence-electron chi connectivity index (χ0n) is 17.1. The van der Waals surface area contributed by atoms with Gasteiger partial charge >= 0.3 is 0 Å². The maximum absolute atomic E-state index is 12.0. The van der Waals surface area contributed by atoms with Gasteiger partial charge in [0.15, 0.2) is 5.96 Å². The number of benzene rings is 1. The van der Waals surface area contributed by atoms with E-state index in [0.717, 1.165) is 18.4 Å². The van der Waals surface area contributed by atoms with Crippen molar-refractivity contribution >= 4 is 17.8 Å². The first-order chi connectivity index (χ1) is 12.7. The van der Waals surface area contributed by atoms with Crippen LogP contribution in [0.5, 0.6) is 0 Å². The normalized spacial score (nSPS) is 11.7. The maximum atomic E-state index is 12.0. The maximum Gasteiger partial charge on any atom is 0.251 e. The molecule has 0 radical (unpaired) electrons. The summed E-state index contributed by atoms with van der Waals surface area (Å²) in [6.45, 7) is 9.28. The van der Waals surface area contributed by atoms with Gasteiger partial charge in [-0.05, 0) is 44.9 Å². The topological polar surface area (TPSA) is 94.6 Å². The Labute approximate surface area is 162 Å². The average molecular weight is 376 g/mol. The zero-order chi connectivity index (χ0) is 20.3. The van der Waals surface area contributed by atoms with Gasteiger partial charge in [0.2, 0.25) is 5.91 Å². The zero-order valence-corrected chi connectivity index (χ0v) is 17.1. The third-order valence-corrected chi connectivity index (χ3v) is 3.65. The molecule has 1 rings (SSSR count). The predicted octanol–water partition coefficient (Wildman–Crippen LogP) is 1.80. The largest absolute Gasteiger partial charge is 0.352 e. The second-order valence-corrected chi connectivity index (χ2v) is 7.38. The molecular weight excluding hydrogens is 342 g/mol. The van der Waals surface area contributed by atoms with E-state index >= 15 is 0 Å². The number of hydrogen-bond donors (Lipinski definition) is 4. The first kappa shape index (κ1) is 22.5. The quantitative estimate of drug-likeness (QED) is 0.317. The monoisotopic (exact) mass is 375 g/mol. The lowest BCUT2D eigenvalue weighted by Crippen LogP contribution is -2.48. The molecule has 0 aliphatic heterocycles. The van der Waals surface area contributed by atoms with E-state index in [4.69, 9.17) is 0 Å². The summed E-state index contributed by atoms with van der Waals surface area (Å²) in [4.78, 5) is 28.0. The molecule has 0 fully saturated rings. The number of guanidine groups is 1. The molecule has 27 heavy (non-hydrogen) atoms. The average Bonchev–Trinajstić information content (AvgIpc) is 2.61. The van der Waals surface area contributed by atoms with Gasteiger partial charge in [0, 0.05) is 31.2 Å². The van der Waals surface area contributed by atoms with Crippen LogP contribution in [0.15, 0.2) is 29.3 Å². The lowest BCUT2D eigenvalue weighted by Gasteiger charge is -2.21. The van der Waals surface area contributed by atoms with Crippen LogP contribution in [0, 0.1) is 0 Å². The van der Waals surface area contributed by atoms with E-state index in [1.165, 1.54) is 0 Å². The van der Waals surface area contributed by atoms with Crippen LogP contribution in [-0.2, 0) is 11.3 Å². The van der Waals surface area contributed by atoms with Crippen LogP contribution in [0.1, 0.15) is 56.5 Å². The van der Waals surface area contributed by atoms with Crippen molar-refractivity contribution in [2.24, 2.45) is 4.99 Å². The Morgan fingerprint density at radius 2 is 1.70 bits per heavy atom. The summed E-state index contributed by atoms with van der Waals surface area (Å²) in [5.41, 5.74) is 1.40. The molecule has 0 aliphatic rings. The molecule has 1 aromatic carbocycles. The Hall–Kier alpha value is -2.57. The molecule has 0 unspecified atom stereocenters. The molecule has 0 aliphatic carbocycles. The van der Waals surface area contributed by atoms with E-state index in [1.807, 2.05) is 45.0 Å². The van der Waals surface area contributed by atoms with Crippen molar-refractivity contribution < 1.29 is 9.59 Å². The highest BCUT2D eigenvalue weighted by Gasteiger charge is 2.13. The number of aliphatic imine (C=N–C) groups is 1. The third-order valence-electron chi connectivity index (χ3n) is 3.65. The van der Waals surface area contributed by atoms with Crippen LogP contribution < -0.4 is 21.3 Å². The molecule has 0 atom stereocenters. The van der Waals surface area contributed by atoms with Gasteiger partial charge in [-0.2, -0.15) is 0 Å². The molecule has 150 valence electrons. The number of carbonyl (C=O) groups is 2. The smallest absolute Gasteiger partial charge is 0.251 e. The van der Waals surface area contributed by atoms with E-state index in [0.29, 0.717) is 24.6 Å². The Morgan fingerprint density at radius 3 is 2.26 bits per heavy atom. The lowest BCUT2D eigenvalue weighted by atomic mass is 10.1. The molecule has 2 amide bonds. The fourth-order valence-electron chi connectivity index (χ4n) is 2.29. The van der Waals surface area contributed by atoms with E-state index in [1.54, 1.807) is 7.05 Å². The van der Waals surface area contributed by atoms with Crippen molar-refractivity contribution in [1.82, 2.24) is 21.3 Å². The van der Waals surface area contributed by atoms with Gasteiger partial charge in [0.05, 0.1) is 6.54 Å². The molecule has 0 spiro atoms. The summed E-state index contributed by atoms with van der Waals surface area (Å²) in [5, 5.41) is 11.9. The van der Waals surface area contributed by atoms with Crippen LogP contribution in [0.3, 0.4) is 0 Å². The van der Waals surface area contributed by atoms with Gasteiger partial charge in [0.25, 0.3) is 5.91 Å². The Kier molecular flexibility index (Phi) is 9.33. The second kappa shape index (κ2) is 11.2. The second-order valence-electron chi connectivity index (χ2n) is 7.38. The number of carbonyl (C=O) groups excluding carboxylic acids is 2. The minimum atomic E-state index is -0.264. The van der Waals surface area contributed by atoms with E-state index in [9.17, 15) is 9.59 Å². The Balaban J connectivity index is 2.44. The Bertz CT molecular complexity index is 633. The molecule has 1 aromatic rings. The summed E-state index contributed by atoms with van der Waals surface area (Å²) in [7, 11) is 1.65. The van der Waals surface area contributed by atoms with Gasteiger partial charge in [-0.15, -0.1) is 0 Å². The van der Waals surface area contributed by atoms with E-state index in [-0.39, 0.29) is 23.9 Å². The van der Waals surface area contributed by atoms with Crippen LogP contribution in [0.4, 0.5) is 0 Å². The lowest BCUT2D eigenvalue weighted by molar-refractivity contribution is -0.121. The van der Waals surface area contributed by atoms with E-state index < -0.39 is 0 Å². The van der Waals surface area contributed by atoms with Gasteiger partial charge < -0.3 is 21.3 Å². The molecule has 0 saturated carbocycles. The number of hydrogen-bond acceptors (Lipinski definition) is 3. The van der Waals surface area contributed by atoms with Gasteiger partial charge in [-0.25, -0.2) is 0 Å². The van der Waals surface area contributed by atoms with Crippen LogP contribution in [0.25, 0.3) is 0 Å². The summed E-state index contributed by atoms with van der Waals surface area (Å²) in [5.74, 6) is 0.398. The number of unbranched alkanes of at least 4 members (excludes halogenated alkanes) is 1. The highest BCUT2D eigenvalue weighted by Crippen LogP contribution is 2.04. The van der Waals surface area contributed by atoms with Crippen LogP contribution >= 0.6 is 0 Å². The summed E-state index contributed by atoms with van der Waals surface area (Å²) >= 11 is 0. The number of nitrogens with one attached hydrogen (secondary N) is 4. The summed E-state index contributed by atoms with van der Waals surface area (Å²) in [6.07, 6.45) is 2.03. The van der Waals surface area contributed by atoms with Crippen molar-refractivity contribution in [2.75, 3.05) is 20.1 Å². The fraction of sp³-hybridized carbons (Fsp3) is 0.550. The SMILES string of the molecule is CCCCNC(=O)c1ccc(CNC(=NC)NCC(=O)NC(C)(C)C)cc1. The molecule has 0 heterocycles. The molecule has 7 heteroatoms. The minimum Gasteiger partial charge on any atom is -0.352 e. The van der Waals surface area contributed by atoms with Crippen molar-refractivity contribution in [3.63, 3.8) is 0 Å². The number of rotatable bonds is 8. The predicted molar refractivity (Wildman–Crippen MR) is 110 cm³/mol. The number of amides is 2. The third kappa shape index (κ3) is 9.63. The van der Waals surface area contributed by atoms with Crippen molar-refractivity contribution in [3.05, 3.63) is 35.4 Å². The molecule has 4 N–H and O–H groups in total. The standard InChI is InChI=1S/C20H33N5O2/c1-6-7-12-22-18(27)16-10-8-15(9-11-16)13-23-19(21-5)24-14-17(26)25-20(2,3)4/h8-11H,6-7,12-14H2,1-5H3,(H,22,27)(H,25,26)(H2,21,23,24). The first-order valence-electron chi connectivity index (χ1n) is 9.38. The molecule has 7 nitrogen and oxygen atoms in total. The van der Waals surface area contributed by atoms with Crippen molar-refractivity contribution in [3.8, 4) is 0 Å². The van der Waals surface area contributed by atoms with Gasteiger partial charge in [0.1, 0.15) is 0 Å². The molecule has 0 bridgehead atoms. The molecular formula is C20H33N5O2. The van der Waals surface area contributed by atoms with Crippen LogP contribution in [-0.4, -0.2) is 43.5 Å². The molecule has 0 aromatic heterocycles. The van der Waals surface area contributed by atoms with E-state index in [2.05, 4.69) is 33.2 Å². The fourth-order valence-corrected chi connectivity index (χ4v) is 2.29. The van der Waals surface area contributed by atoms with Gasteiger partial charge in [-0.3, -0.25) is 14.6 Å².